The van der Waals surface area contributed by atoms with Crippen molar-refractivity contribution >= 4 is 0 Å². The van der Waals surface area contributed by atoms with E-state index >= 15 is 0 Å². The molecule has 0 unspecified atom stereocenters. The number of rotatable bonds is 4. The Morgan fingerprint density at radius 2 is 1.65 bits per heavy atom. The molecule has 0 aliphatic carbocycles. The van der Waals surface area contributed by atoms with Gasteiger partial charge >= 0.3 is 0 Å². The Balaban J connectivity index is 1.36. The number of benzene rings is 1. The van der Waals surface area contributed by atoms with Crippen molar-refractivity contribution in [1.29, 1.82) is 0 Å². The normalized spacial score (nSPS) is 15.9. The topological polar surface area (TPSA) is 41.9 Å². The van der Waals surface area contributed by atoms with Gasteiger partial charge in [-0.05, 0) is 62.0 Å². The molecule has 3 heterocycles. The molecular formula is C22H24N4. The summed E-state index contributed by atoms with van der Waals surface area (Å²) in [6.45, 7) is 5.26. The molecule has 1 saturated heterocycles. The van der Waals surface area contributed by atoms with Crippen LogP contribution in [0.4, 0.5) is 0 Å². The largest absolute Gasteiger partial charge is 0.299 e. The van der Waals surface area contributed by atoms with Crippen molar-refractivity contribution in [2.75, 3.05) is 13.1 Å². The molecule has 1 aliphatic rings. The molecule has 0 saturated carbocycles. The van der Waals surface area contributed by atoms with E-state index in [0.29, 0.717) is 5.92 Å². The summed E-state index contributed by atoms with van der Waals surface area (Å²) >= 11 is 0. The van der Waals surface area contributed by atoms with Gasteiger partial charge < -0.3 is 0 Å². The van der Waals surface area contributed by atoms with Gasteiger partial charge in [0.2, 0.25) is 0 Å². The lowest BCUT2D eigenvalue weighted by molar-refractivity contribution is 0.204. The average Bonchev–Trinajstić information content (AvgIpc) is 2.70. The van der Waals surface area contributed by atoms with Crippen molar-refractivity contribution in [2.24, 2.45) is 0 Å². The number of hydrogen-bond donors (Lipinski definition) is 0. The highest BCUT2D eigenvalue weighted by atomic mass is 15.1. The second-order valence-corrected chi connectivity index (χ2v) is 7.06. The molecule has 1 fully saturated rings. The molecule has 0 N–H and O–H groups in total. The minimum atomic E-state index is 0.661. The maximum Gasteiger partial charge on any atom is 0.159 e. The van der Waals surface area contributed by atoms with Crippen LogP contribution in [0.5, 0.6) is 0 Å². The number of pyridine rings is 1. The minimum absolute atomic E-state index is 0.661. The molecule has 4 heteroatoms. The summed E-state index contributed by atoms with van der Waals surface area (Å²) in [4.78, 5) is 15.8. The molecule has 4 rings (SSSR count). The summed E-state index contributed by atoms with van der Waals surface area (Å²) in [7, 11) is 0. The summed E-state index contributed by atoms with van der Waals surface area (Å²) in [5, 5.41) is 0. The van der Waals surface area contributed by atoms with E-state index in [0.717, 1.165) is 31.0 Å². The van der Waals surface area contributed by atoms with Crippen molar-refractivity contribution in [3.05, 3.63) is 77.9 Å². The van der Waals surface area contributed by atoms with E-state index in [1.165, 1.54) is 29.5 Å². The number of aryl methyl sites for hydroxylation is 1. The lowest BCUT2D eigenvalue weighted by Gasteiger charge is -2.32. The van der Waals surface area contributed by atoms with Gasteiger partial charge in [-0.25, -0.2) is 9.97 Å². The van der Waals surface area contributed by atoms with Gasteiger partial charge in [0, 0.05) is 42.5 Å². The Hall–Kier alpha value is -2.59. The number of hydrogen-bond acceptors (Lipinski definition) is 4. The van der Waals surface area contributed by atoms with Gasteiger partial charge in [0.1, 0.15) is 0 Å². The minimum Gasteiger partial charge on any atom is -0.299 e. The number of likely N-dealkylation sites (tertiary alicyclic amines) is 1. The SMILES string of the molecule is Cc1ccccc1-c1ncc(CN2CCC(c3ccncc3)CC2)cn1. The monoisotopic (exact) mass is 344 g/mol. The first-order chi connectivity index (χ1) is 12.8. The fraction of sp³-hybridized carbons (Fsp3) is 0.318. The maximum atomic E-state index is 4.59. The molecule has 0 spiro atoms. The molecule has 1 aromatic carbocycles. The van der Waals surface area contributed by atoms with Gasteiger partial charge in [-0.15, -0.1) is 0 Å². The quantitative estimate of drug-likeness (QED) is 0.710. The van der Waals surface area contributed by atoms with Crippen LogP contribution in [0.3, 0.4) is 0 Å². The molecule has 26 heavy (non-hydrogen) atoms. The van der Waals surface area contributed by atoms with E-state index < -0.39 is 0 Å². The fourth-order valence-corrected chi connectivity index (χ4v) is 3.72. The van der Waals surface area contributed by atoms with Gasteiger partial charge in [-0.2, -0.15) is 0 Å². The van der Waals surface area contributed by atoms with Crippen LogP contribution < -0.4 is 0 Å². The third kappa shape index (κ3) is 3.81. The van der Waals surface area contributed by atoms with E-state index in [1.807, 2.05) is 36.9 Å². The maximum absolute atomic E-state index is 4.59. The van der Waals surface area contributed by atoms with Gasteiger partial charge in [-0.1, -0.05) is 24.3 Å². The molecule has 132 valence electrons. The third-order valence-electron chi connectivity index (χ3n) is 5.26. The highest BCUT2D eigenvalue weighted by Crippen LogP contribution is 2.28. The predicted molar refractivity (Wildman–Crippen MR) is 104 cm³/mol. The second kappa shape index (κ2) is 7.75. The smallest absolute Gasteiger partial charge is 0.159 e. The van der Waals surface area contributed by atoms with Crippen LogP contribution in [0.15, 0.2) is 61.2 Å². The van der Waals surface area contributed by atoms with E-state index in [9.17, 15) is 0 Å². The van der Waals surface area contributed by atoms with Crippen LogP contribution in [0.2, 0.25) is 0 Å². The van der Waals surface area contributed by atoms with Crippen molar-refractivity contribution in [3.8, 4) is 11.4 Å². The Morgan fingerprint density at radius 1 is 0.962 bits per heavy atom. The molecular weight excluding hydrogens is 320 g/mol. The zero-order chi connectivity index (χ0) is 17.8. The van der Waals surface area contributed by atoms with E-state index in [-0.39, 0.29) is 0 Å². The first kappa shape index (κ1) is 16.9. The standard InChI is InChI=1S/C22H24N4/c1-17-4-2-3-5-21(17)22-24-14-18(15-25-22)16-26-12-8-20(9-13-26)19-6-10-23-11-7-19/h2-7,10-11,14-15,20H,8-9,12-13,16H2,1H3. The second-order valence-electron chi connectivity index (χ2n) is 7.06. The van der Waals surface area contributed by atoms with E-state index in [2.05, 4.69) is 51.0 Å². The summed E-state index contributed by atoms with van der Waals surface area (Å²) in [5.74, 6) is 1.47. The van der Waals surface area contributed by atoms with Gasteiger partial charge in [0.15, 0.2) is 5.82 Å². The summed E-state index contributed by atoms with van der Waals surface area (Å²) < 4.78 is 0. The zero-order valence-electron chi connectivity index (χ0n) is 15.2. The lowest BCUT2D eigenvalue weighted by Crippen LogP contribution is -2.32. The third-order valence-corrected chi connectivity index (χ3v) is 5.26. The van der Waals surface area contributed by atoms with Crippen LogP contribution in [-0.4, -0.2) is 32.9 Å². The highest BCUT2D eigenvalue weighted by Gasteiger charge is 2.20. The van der Waals surface area contributed by atoms with Gasteiger partial charge in [-0.3, -0.25) is 9.88 Å². The van der Waals surface area contributed by atoms with Crippen LogP contribution in [0.25, 0.3) is 11.4 Å². The van der Waals surface area contributed by atoms with Crippen LogP contribution in [0.1, 0.15) is 35.4 Å². The first-order valence-corrected chi connectivity index (χ1v) is 9.29. The Labute approximate surface area is 155 Å². The number of piperidine rings is 1. The van der Waals surface area contributed by atoms with Crippen molar-refractivity contribution in [3.63, 3.8) is 0 Å². The van der Waals surface area contributed by atoms with E-state index in [4.69, 9.17) is 0 Å². The molecule has 4 nitrogen and oxygen atoms in total. The molecule has 0 radical (unpaired) electrons. The van der Waals surface area contributed by atoms with Crippen LogP contribution in [-0.2, 0) is 6.54 Å². The van der Waals surface area contributed by atoms with Gasteiger partial charge in [0.25, 0.3) is 0 Å². The molecule has 0 amide bonds. The van der Waals surface area contributed by atoms with Crippen molar-refractivity contribution in [2.45, 2.75) is 32.2 Å². The van der Waals surface area contributed by atoms with Crippen LogP contribution in [0, 0.1) is 6.92 Å². The van der Waals surface area contributed by atoms with Gasteiger partial charge in [0.05, 0.1) is 0 Å². The Morgan fingerprint density at radius 3 is 2.35 bits per heavy atom. The zero-order valence-corrected chi connectivity index (χ0v) is 15.2. The highest BCUT2D eigenvalue weighted by molar-refractivity contribution is 5.59. The molecule has 0 atom stereocenters. The summed E-state index contributed by atoms with van der Waals surface area (Å²) in [6, 6.07) is 12.6. The number of nitrogens with zero attached hydrogens (tertiary/aromatic N) is 4. The Kier molecular flexibility index (Phi) is 5.02. The average molecular weight is 344 g/mol. The fourth-order valence-electron chi connectivity index (χ4n) is 3.72. The molecule has 2 aromatic heterocycles. The Bertz CT molecular complexity index is 838. The lowest BCUT2D eigenvalue weighted by atomic mass is 9.90. The summed E-state index contributed by atoms with van der Waals surface area (Å²) in [5.41, 5.74) is 4.92. The van der Waals surface area contributed by atoms with Crippen molar-refractivity contribution in [1.82, 2.24) is 19.9 Å². The summed E-state index contributed by atoms with van der Waals surface area (Å²) in [6.07, 6.45) is 10.1. The first-order valence-electron chi connectivity index (χ1n) is 9.29. The number of aromatic nitrogens is 3. The molecule has 1 aliphatic heterocycles. The van der Waals surface area contributed by atoms with Crippen molar-refractivity contribution < 1.29 is 0 Å². The molecule has 3 aromatic rings. The predicted octanol–water partition coefficient (Wildman–Crippen LogP) is 4.23. The van der Waals surface area contributed by atoms with E-state index in [1.54, 1.807) is 0 Å². The molecule has 0 bridgehead atoms. The van der Waals surface area contributed by atoms with Crippen LogP contribution >= 0.6 is 0 Å².